The minimum Gasteiger partial charge on any atom is -0.501 e. The number of ether oxygens (including phenoxy) is 3. The molecule has 5 heteroatoms. The zero-order chi connectivity index (χ0) is 15.8. The molecular formula is C17H23NO4. The number of hydrogen-bond donors (Lipinski definition) is 1. The van der Waals surface area contributed by atoms with Crippen LogP contribution in [0.2, 0.25) is 0 Å². The first kappa shape index (κ1) is 16.4. The van der Waals surface area contributed by atoms with E-state index in [1.807, 2.05) is 24.3 Å². The van der Waals surface area contributed by atoms with Crippen LogP contribution in [0, 0.1) is 0 Å². The SMILES string of the molecule is COC1=CC=C(CONCc2ccc(OC)cc2OC)CC1. The van der Waals surface area contributed by atoms with Gasteiger partial charge in [-0.05, 0) is 24.1 Å². The first-order valence-corrected chi connectivity index (χ1v) is 7.25. The molecular weight excluding hydrogens is 282 g/mol. The Bertz CT molecular complexity index is 552. The van der Waals surface area contributed by atoms with Crippen molar-refractivity contribution in [3.63, 3.8) is 0 Å². The molecule has 0 saturated carbocycles. The lowest BCUT2D eigenvalue weighted by atomic mass is 10.0. The molecule has 1 aliphatic rings. The molecule has 0 spiro atoms. The van der Waals surface area contributed by atoms with E-state index in [4.69, 9.17) is 19.0 Å². The molecule has 0 unspecified atom stereocenters. The summed E-state index contributed by atoms with van der Waals surface area (Å²) >= 11 is 0. The van der Waals surface area contributed by atoms with Crippen molar-refractivity contribution in [1.82, 2.24) is 5.48 Å². The highest BCUT2D eigenvalue weighted by atomic mass is 16.6. The van der Waals surface area contributed by atoms with Gasteiger partial charge in [-0.25, -0.2) is 0 Å². The Morgan fingerprint density at radius 2 is 1.86 bits per heavy atom. The van der Waals surface area contributed by atoms with Gasteiger partial charge in [-0.15, -0.1) is 0 Å². The van der Waals surface area contributed by atoms with E-state index in [0.717, 1.165) is 35.7 Å². The van der Waals surface area contributed by atoms with Gasteiger partial charge in [0.25, 0.3) is 0 Å². The zero-order valence-electron chi connectivity index (χ0n) is 13.3. The smallest absolute Gasteiger partial charge is 0.127 e. The molecule has 2 rings (SSSR count). The minimum absolute atomic E-state index is 0.561. The Kier molecular flexibility index (Phi) is 6.30. The fraction of sp³-hybridized carbons (Fsp3) is 0.412. The van der Waals surface area contributed by atoms with E-state index in [2.05, 4.69) is 11.6 Å². The predicted molar refractivity (Wildman–Crippen MR) is 84.7 cm³/mol. The second-order valence-electron chi connectivity index (χ2n) is 4.95. The van der Waals surface area contributed by atoms with Crippen molar-refractivity contribution in [2.45, 2.75) is 19.4 Å². The quantitative estimate of drug-likeness (QED) is 0.591. The molecule has 120 valence electrons. The van der Waals surface area contributed by atoms with E-state index in [1.54, 1.807) is 21.3 Å². The van der Waals surface area contributed by atoms with Crippen LogP contribution in [0.5, 0.6) is 11.5 Å². The highest BCUT2D eigenvalue weighted by molar-refractivity contribution is 5.40. The second kappa shape index (κ2) is 8.46. The third kappa shape index (κ3) is 4.51. The van der Waals surface area contributed by atoms with Crippen LogP contribution in [-0.4, -0.2) is 27.9 Å². The molecule has 0 saturated heterocycles. The van der Waals surface area contributed by atoms with Gasteiger partial charge < -0.3 is 14.2 Å². The molecule has 0 aromatic heterocycles. The first-order chi connectivity index (χ1) is 10.8. The number of benzene rings is 1. The van der Waals surface area contributed by atoms with Crippen LogP contribution in [0.3, 0.4) is 0 Å². The summed E-state index contributed by atoms with van der Waals surface area (Å²) in [5, 5.41) is 0. The monoisotopic (exact) mass is 305 g/mol. The highest BCUT2D eigenvalue weighted by Crippen LogP contribution is 2.24. The molecule has 1 aromatic rings. The molecule has 5 nitrogen and oxygen atoms in total. The summed E-state index contributed by atoms with van der Waals surface area (Å²) < 4.78 is 15.7. The molecule has 0 amide bonds. The van der Waals surface area contributed by atoms with Crippen LogP contribution in [0.25, 0.3) is 0 Å². The van der Waals surface area contributed by atoms with Crippen molar-refractivity contribution in [3.05, 3.63) is 47.2 Å². The molecule has 1 aromatic carbocycles. The first-order valence-electron chi connectivity index (χ1n) is 7.25. The van der Waals surface area contributed by atoms with Crippen LogP contribution >= 0.6 is 0 Å². The highest BCUT2D eigenvalue weighted by Gasteiger charge is 2.08. The Morgan fingerprint density at radius 1 is 1.00 bits per heavy atom. The van der Waals surface area contributed by atoms with Gasteiger partial charge in [0.05, 0.1) is 33.7 Å². The molecule has 0 radical (unpaired) electrons. The van der Waals surface area contributed by atoms with Crippen LogP contribution in [0.15, 0.2) is 41.7 Å². The topological polar surface area (TPSA) is 49.0 Å². The Hall–Kier alpha value is -1.98. The lowest BCUT2D eigenvalue weighted by Gasteiger charge is -2.15. The lowest BCUT2D eigenvalue weighted by molar-refractivity contribution is 0.0510. The molecule has 0 aliphatic heterocycles. The van der Waals surface area contributed by atoms with Gasteiger partial charge in [0.15, 0.2) is 0 Å². The Morgan fingerprint density at radius 3 is 2.50 bits per heavy atom. The van der Waals surface area contributed by atoms with Crippen molar-refractivity contribution < 1.29 is 19.0 Å². The summed E-state index contributed by atoms with van der Waals surface area (Å²) in [6.45, 7) is 1.13. The van der Waals surface area contributed by atoms with Crippen molar-refractivity contribution in [1.29, 1.82) is 0 Å². The van der Waals surface area contributed by atoms with E-state index in [0.29, 0.717) is 13.2 Å². The molecule has 0 atom stereocenters. The predicted octanol–water partition coefficient (Wildman–Crippen LogP) is 2.98. The Balaban J connectivity index is 1.80. The number of allylic oxidation sites excluding steroid dienone is 3. The third-order valence-electron chi connectivity index (χ3n) is 3.58. The normalized spacial score (nSPS) is 14.1. The summed E-state index contributed by atoms with van der Waals surface area (Å²) in [6, 6.07) is 5.72. The van der Waals surface area contributed by atoms with Crippen molar-refractivity contribution >= 4 is 0 Å². The van der Waals surface area contributed by atoms with Crippen molar-refractivity contribution in [3.8, 4) is 11.5 Å². The second-order valence-corrected chi connectivity index (χ2v) is 4.95. The standard InChI is InChI=1S/C17H23NO4/c1-19-15-7-4-13(5-8-15)12-22-18-11-14-6-9-16(20-2)10-17(14)21-3/h4,6-7,9-10,18H,5,8,11-12H2,1-3H3. The number of hydrogen-bond acceptors (Lipinski definition) is 5. The largest absolute Gasteiger partial charge is 0.501 e. The van der Waals surface area contributed by atoms with Gasteiger partial charge >= 0.3 is 0 Å². The maximum atomic E-state index is 5.53. The molecule has 0 fully saturated rings. The van der Waals surface area contributed by atoms with Gasteiger partial charge in [-0.1, -0.05) is 12.1 Å². The summed E-state index contributed by atoms with van der Waals surface area (Å²) in [5.74, 6) is 2.56. The molecule has 1 N–H and O–H groups in total. The molecule has 22 heavy (non-hydrogen) atoms. The number of methoxy groups -OCH3 is 3. The summed E-state index contributed by atoms with van der Waals surface area (Å²) in [5.41, 5.74) is 5.23. The third-order valence-corrected chi connectivity index (χ3v) is 3.58. The minimum atomic E-state index is 0.561. The van der Waals surface area contributed by atoms with Crippen molar-refractivity contribution in [2.75, 3.05) is 27.9 Å². The summed E-state index contributed by atoms with van der Waals surface area (Å²) in [6.07, 6.45) is 5.94. The number of nitrogens with one attached hydrogen (secondary N) is 1. The van der Waals surface area contributed by atoms with E-state index >= 15 is 0 Å². The van der Waals surface area contributed by atoms with Gasteiger partial charge in [0.1, 0.15) is 11.5 Å². The van der Waals surface area contributed by atoms with Gasteiger partial charge in [-0.3, -0.25) is 4.84 Å². The van der Waals surface area contributed by atoms with Crippen LogP contribution in [0.4, 0.5) is 0 Å². The van der Waals surface area contributed by atoms with Crippen LogP contribution in [-0.2, 0) is 16.1 Å². The van der Waals surface area contributed by atoms with Gasteiger partial charge in [-0.2, -0.15) is 5.48 Å². The lowest BCUT2D eigenvalue weighted by Crippen LogP contribution is -2.17. The fourth-order valence-electron chi connectivity index (χ4n) is 2.22. The maximum Gasteiger partial charge on any atom is 0.127 e. The molecule has 0 bridgehead atoms. The fourth-order valence-corrected chi connectivity index (χ4v) is 2.22. The zero-order valence-corrected chi connectivity index (χ0v) is 13.3. The van der Waals surface area contributed by atoms with E-state index < -0.39 is 0 Å². The van der Waals surface area contributed by atoms with E-state index in [1.165, 1.54) is 5.57 Å². The van der Waals surface area contributed by atoms with Gasteiger partial charge in [0.2, 0.25) is 0 Å². The number of hydroxylamine groups is 1. The van der Waals surface area contributed by atoms with Crippen molar-refractivity contribution in [2.24, 2.45) is 0 Å². The number of rotatable bonds is 8. The van der Waals surface area contributed by atoms with Gasteiger partial charge in [0, 0.05) is 24.6 Å². The average Bonchev–Trinajstić information content (AvgIpc) is 2.59. The molecule has 1 aliphatic carbocycles. The summed E-state index contributed by atoms with van der Waals surface area (Å²) in [4.78, 5) is 5.53. The van der Waals surface area contributed by atoms with E-state index in [-0.39, 0.29) is 0 Å². The molecule has 0 heterocycles. The summed E-state index contributed by atoms with van der Waals surface area (Å²) in [7, 11) is 4.98. The Labute approximate surface area is 131 Å². The maximum absolute atomic E-state index is 5.53. The van der Waals surface area contributed by atoms with Crippen LogP contribution < -0.4 is 15.0 Å². The van der Waals surface area contributed by atoms with Crippen LogP contribution in [0.1, 0.15) is 18.4 Å². The average molecular weight is 305 g/mol. The van der Waals surface area contributed by atoms with E-state index in [9.17, 15) is 0 Å².